The molecule has 1 fully saturated rings. The second kappa shape index (κ2) is 7.91. The first-order valence-corrected chi connectivity index (χ1v) is 8.11. The smallest absolute Gasteiger partial charge is 0.239 e. The van der Waals surface area contributed by atoms with Crippen molar-refractivity contribution in [3.8, 4) is 0 Å². The molecule has 1 aromatic rings. The van der Waals surface area contributed by atoms with Crippen molar-refractivity contribution in [2.45, 2.75) is 45.6 Å². The summed E-state index contributed by atoms with van der Waals surface area (Å²) in [7, 11) is 0. The van der Waals surface area contributed by atoms with Gasteiger partial charge in [0.1, 0.15) is 0 Å². The maximum Gasteiger partial charge on any atom is 0.239 e. The number of rotatable bonds is 7. The predicted molar refractivity (Wildman–Crippen MR) is 88.9 cm³/mol. The van der Waals surface area contributed by atoms with Crippen LogP contribution in [0.15, 0.2) is 24.3 Å². The second-order valence-corrected chi connectivity index (χ2v) is 5.68. The van der Waals surface area contributed by atoms with E-state index >= 15 is 0 Å². The monoisotopic (exact) mass is 289 g/mol. The van der Waals surface area contributed by atoms with E-state index in [1.165, 1.54) is 18.5 Å². The van der Waals surface area contributed by atoms with Crippen LogP contribution in [0.3, 0.4) is 0 Å². The number of nitrogens with zero attached hydrogens (tertiary/aromatic N) is 1. The van der Waals surface area contributed by atoms with Crippen molar-refractivity contribution < 1.29 is 4.79 Å². The first kappa shape index (κ1) is 15.7. The Bertz CT molecular complexity index is 434. The zero-order valence-corrected chi connectivity index (χ0v) is 13.2. The van der Waals surface area contributed by atoms with Crippen LogP contribution in [0.1, 0.15) is 39.5 Å². The van der Waals surface area contributed by atoms with Gasteiger partial charge < -0.3 is 15.5 Å². The lowest BCUT2D eigenvalue weighted by Crippen LogP contribution is -2.37. The summed E-state index contributed by atoms with van der Waals surface area (Å²) in [5, 5.41) is 6.22. The molecule has 1 heterocycles. The van der Waals surface area contributed by atoms with Gasteiger partial charge in [0.2, 0.25) is 5.91 Å². The summed E-state index contributed by atoms with van der Waals surface area (Å²) < 4.78 is 0. The Morgan fingerprint density at radius 3 is 2.33 bits per heavy atom. The molecule has 1 saturated heterocycles. The molecule has 1 aromatic carbocycles. The van der Waals surface area contributed by atoms with Crippen LogP contribution in [0.4, 0.5) is 11.4 Å². The summed E-state index contributed by atoms with van der Waals surface area (Å²) in [6, 6.07) is 8.66. The van der Waals surface area contributed by atoms with Crippen LogP contribution in [-0.4, -0.2) is 31.6 Å². The summed E-state index contributed by atoms with van der Waals surface area (Å²) >= 11 is 0. The van der Waals surface area contributed by atoms with E-state index in [1.54, 1.807) is 0 Å². The molecule has 0 atom stereocenters. The number of hydrogen-bond donors (Lipinski definition) is 2. The van der Waals surface area contributed by atoms with Crippen LogP contribution < -0.4 is 15.5 Å². The summed E-state index contributed by atoms with van der Waals surface area (Å²) in [6.07, 6.45) is 4.53. The number of benzene rings is 1. The van der Waals surface area contributed by atoms with Crippen molar-refractivity contribution in [2.75, 3.05) is 29.9 Å². The van der Waals surface area contributed by atoms with E-state index in [4.69, 9.17) is 0 Å². The van der Waals surface area contributed by atoms with Gasteiger partial charge >= 0.3 is 0 Å². The van der Waals surface area contributed by atoms with E-state index in [2.05, 4.69) is 53.6 Å². The van der Waals surface area contributed by atoms with Crippen LogP contribution in [0.5, 0.6) is 0 Å². The predicted octanol–water partition coefficient (Wildman–Crippen LogP) is 3.00. The van der Waals surface area contributed by atoms with E-state index < -0.39 is 0 Å². The Labute approximate surface area is 127 Å². The molecule has 0 unspecified atom stereocenters. The lowest BCUT2D eigenvalue weighted by molar-refractivity contribution is -0.120. The third kappa shape index (κ3) is 4.66. The number of carbonyl (C=O) groups is 1. The molecule has 4 heteroatoms. The number of carbonyl (C=O) groups excluding carboxylic acids is 1. The molecule has 0 spiro atoms. The third-order valence-electron chi connectivity index (χ3n) is 4.14. The Morgan fingerprint density at radius 2 is 1.76 bits per heavy atom. The fourth-order valence-corrected chi connectivity index (χ4v) is 2.72. The maximum absolute atomic E-state index is 11.8. The molecule has 21 heavy (non-hydrogen) atoms. The topological polar surface area (TPSA) is 44.4 Å². The van der Waals surface area contributed by atoms with Gasteiger partial charge in [-0.25, -0.2) is 0 Å². The Hall–Kier alpha value is -1.71. The van der Waals surface area contributed by atoms with Crippen molar-refractivity contribution in [1.29, 1.82) is 0 Å². The van der Waals surface area contributed by atoms with Crippen LogP contribution >= 0.6 is 0 Å². The van der Waals surface area contributed by atoms with Gasteiger partial charge in [0.05, 0.1) is 6.54 Å². The molecule has 116 valence electrons. The van der Waals surface area contributed by atoms with Crippen LogP contribution in [0.2, 0.25) is 0 Å². The molecule has 0 radical (unpaired) electrons. The zero-order chi connectivity index (χ0) is 15.1. The van der Waals surface area contributed by atoms with Gasteiger partial charge in [-0.3, -0.25) is 4.79 Å². The summed E-state index contributed by atoms with van der Waals surface area (Å²) in [5.74, 6) is 0.0623. The molecule has 4 nitrogen and oxygen atoms in total. The molecule has 1 amide bonds. The highest BCUT2D eigenvalue weighted by molar-refractivity contribution is 5.81. The fourth-order valence-electron chi connectivity index (χ4n) is 2.72. The normalized spacial score (nSPS) is 14.5. The molecule has 0 bridgehead atoms. The van der Waals surface area contributed by atoms with E-state index in [-0.39, 0.29) is 11.9 Å². The van der Waals surface area contributed by atoms with Crippen molar-refractivity contribution in [3.63, 3.8) is 0 Å². The first-order valence-electron chi connectivity index (χ1n) is 8.11. The lowest BCUT2D eigenvalue weighted by Gasteiger charge is -2.18. The van der Waals surface area contributed by atoms with Crippen molar-refractivity contribution in [2.24, 2.45) is 0 Å². The van der Waals surface area contributed by atoms with Crippen molar-refractivity contribution in [3.05, 3.63) is 24.3 Å². The third-order valence-corrected chi connectivity index (χ3v) is 4.14. The number of nitrogens with one attached hydrogen (secondary N) is 2. The fraction of sp³-hybridized carbons (Fsp3) is 0.588. The van der Waals surface area contributed by atoms with Gasteiger partial charge in [0.15, 0.2) is 0 Å². The Kier molecular flexibility index (Phi) is 5.90. The van der Waals surface area contributed by atoms with E-state index in [9.17, 15) is 4.79 Å². The standard InChI is InChI=1S/C17H27N3O/c1-3-14(4-2)19-17(21)13-18-15-7-9-16(10-8-15)20-11-5-6-12-20/h7-10,14,18H,3-6,11-13H2,1-2H3,(H,19,21). The SMILES string of the molecule is CCC(CC)NC(=O)CNc1ccc(N2CCCC2)cc1. The van der Waals surface area contributed by atoms with Crippen LogP contribution in [0, 0.1) is 0 Å². The molecule has 0 aromatic heterocycles. The molecule has 1 aliphatic rings. The highest BCUT2D eigenvalue weighted by Crippen LogP contribution is 2.21. The minimum atomic E-state index is 0.0623. The average Bonchev–Trinajstić information content (AvgIpc) is 3.05. The Morgan fingerprint density at radius 1 is 1.14 bits per heavy atom. The van der Waals surface area contributed by atoms with Gasteiger partial charge in [-0.1, -0.05) is 13.8 Å². The van der Waals surface area contributed by atoms with Crippen molar-refractivity contribution >= 4 is 17.3 Å². The quantitative estimate of drug-likeness (QED) is 0.811. The number of amides is 1. The molecule has 2 N–H and O–H groups in total. The average molecular weight is 289 g/mol. The summed E-state index contributed by atoms with van der Waals surface area (Å²) in [5.41, 5.74) is 2.28. The Balaban J connectivity index is 1.79. The van der Waals surface area contributed by atoms with Gasteiger partial charge in [-0.2, -0.15) is 0 Å². The molecular formula is C17H27N3O. The minimum absolute atomic E-state index is 0.0623. The van der Waals surface area contributed by atoms with E-state index in [0.717, 1.165) is 31.6 Å². The largest absolute Gasteiger partial charge is 0.376 e. The zero-order valence-electron chi connectivity index (χ0n) is 13.2. The molecule has 0 saturated carbocycles. The molecular weight excluding hydrogens is 262 g/mol. The summed E-state index contributed by atoms with van der Waals surface area (Å²) in [4.78, 5) is 14.2. The van der Waals surface area contributed by atoms with Crippen molar-refractivity contribution in [1.82, 2.24) is 5.32 Å². The van der Waals surface area contributed by atoms with E-state index in [0.29, 0.717) is 6.54 Å². The van der Waals surface area contributed by atoms with E-state index in [1.807, 2.05) is 0 Å². The second-order valence-electron chi connectivity index (χ2n) is 5.68. The summed E-state index contributed by atoms with van der Waals surface area (Å²) in [6.45, 7) is 6.84. The van der Waals surface area contributed by atoms with Gasteiger partial charge in [0, 0.05) is 30.5 Å². The highest BCUT2D eigenvalue weighted by atomic mass is 16.1. The first-order chi connectivity index (χ1) is 10.2. The maximum atomic E-state index is 11.8. The highest BCUT2D eigenvalue weighted by Gasteiger charge is 2.12. The minimum Gasteiger partial charge on any atom is -0.376 e. The molecule has 2 rings (SSSR count). The van der Waals surface area contributed by atoms with Gasteiger partial charge in [-0.05, 0) is 49.9 Å². The lowest BCUT2D eigenvalue weighted by atomic mass is 10.2. The molecule has 0 aliphatic carbocycles. The van der Waals surface area contributed by atoms with Crippen LogP contribution in [0.25, 0.3) is 0 Å². The number of hydrogen-bond acceptors (Lipinski definition) is 3. The number of anilines is 2. The van der Waals surface area contributed by atoms with Crippen LogP contribution in [-0.2, 0) is 4.79 Å². The van der Waals surface area contributed by atoms with Gasteiger partial charge in [0.25, 0.3) is 0 Å². The van der Waals surface area contributed by atoms with Gasteiger partial charge in [-0.15, -0.1) is 0 Å². The molecule has 1 aliphatic heterocycles.